The molecule has 7 nitrogen and oxygen atoms in total. The van der Waals surface area contributed by atoms with Crippen molar-refractivity contribution in [1.29, 1.82) is 0 Å². The average molecular weight is 280 g/mol. The normalized spacial score (nSPS) is 9.65. The number of carboxylic acid groups (broad SMARTS) is 1. The largest absolute Gasteiger partial charge is 0.484 e. The third-order valence-corrected chi connectivity index (χ3v) is 2.33. The molecule has 20 heavy (non-hydrogen) atoms. The van der Waals surface area contributed by atoms with Gasteiger partial charge in [-0.05, 0) is 12.1 Å². The molecule has 0 saturated heterocycles. The van der Waals surface area contributed by atoms with Crippen molar-refractivity contribution in [3.63, 3.8) is 0 Å². The number of hydrogen-bond acceptors (Lipinski definition) is 4. The number of ether oxygens (including phenoxy) is 1. The number of carboxylic acids is 1. The molecule has 108 valence electrons. The summed E-state index contributed by atoms with van der Waals surface area (Å²) in [5, 5.41) is 13.5. The molecule has 0 fully saturated rings. The smallest absolute Gasteiger partial charge is 0.303 e. The van der Waals surface area contributed by atoms with Crippen molar-refractivity contribution in [2.24, 2.45) is 0 Å². The van der Waals surface area contributed by atoms with E-state index in [1.807, 2.05) is 0 Å². The fourth-order valence-electron chi connectivity index (χ4n) is 1.33. The van der Waals surface area contributed by atoms with E-state index < -0.39 is 11.9 Å². The molecule has 0 atom stereocenters. The van der Waals surface area contributed by atoms with E-state index in [0.29, 0.717) is 11.4 Å². The molecule has 7 heteroatoms. The zero-order valence-corrected chi connectivity index (χ0v) is 11.0. The van der Waals surface area contributed by atoms with Crippen LogP contribution in [0.1, 0.15) is 12.8 Å². The van der Waals surface area contributed by atoms with Crippen LogP contribution in [0.25, 0.3) is 0 Å². The molecule has 0 aliphatic carbocycles. The van der Waals surface area contributed by atoms with Gasteiger partial charge >= 0.3 is 5.97 Å². The maximum Gasteiger partial charge on any atom is 0.303 e. The van der Waals surface area contributed by atoms with Crippen molar-refractivity contribution < 1.29 is 24.2 Å². The Hall–Kier alpha value is -2.57. The van der Waals surface area contributed by atoms with Crippen molar-refractivity contribution in [3.8, 4) is 5.75 Å². The Morgan fingerprint density at radius 2 is 1.95 bits per heavy atom. The highest BCUT2D eigenvalue weighted by Gasteiger charge is 2.07. The number of carbonyl (C=O) groups excluding carboxylic acids is 2. The Balaban J connectivity index is 2.52. The van der Waals surface area contributed by atoms with Gasteiger partial charge in [-0.3, -0.25) is 14.4 Å². The summed E-state index contributed by atoms with van der Waals surface area (Å²) in [7, 11) is 1.50. The third-order valence-electron chi connectivity index (χ3n) is 2.33. The molecular weight excluding hydrogens is 264 g/mol. The van der Waals surface area contributed by atoms with E-state index in [0.717, 1.165) is 0 Å². The van der Waals surface area contributed by atoms with E-state index in [-0.39, 0.29) is 25.4 Å². The van der Waals surface area contributed by atoms with Gasteiger partial charge in [0.25, 0.3) is 5.91 Å². The molecular formula is C13H16N2O5. The van der Waals surface area contributed by atoms with Crippen molar-refractivity contribution in [2.45, 2.75) is 12.8 Å². The zero-order chi connectivity index (χ0) is 15.0. The van der Waals surface area contributed by atoms with Crippen LogP contribution < -0.4 is 15.4 Å². The second-order valence-electron chi connectivity index (χ2n) is 3.93. The van der Waals surface area contributed by atoms with Gasteiger partial charge in [0.15, 0.2) is 6.61 Å². The molecule has 0 aliphatic heterocycles. The predicted octanol–water partition coefficient (Wildman–Crippen LogP) is 0.615. The number of nitrogens with one attached hydrogen (secondary N) is 2. The van der Waals surface area contributed by atoms with Crippen molar-refractivity contribution in [3.05, 3.63) is 24.3 Å². The summed E-state index contributed by atoms with van der Waals surface area (Å²) in [4.78, 5) is 32.8. The van der Waals surface area contributed by atoms with Gasteiger partial charge in [0.2, 0.25) is 5.91 Å². The second kappa shape index (κ2) is 7.78. The number of hydrogen-bond donors (Lipinski definition) is 3. The topological polar surface area (TPSA) is 105 Å². The van der Waals surface area contributed by atoms with Gasteiger partial charge in [-0.25, -0.2) is 0 Å². The summed E-state index contributed by atoms with van der Waals surface area (Å²) in [5.74, 6) is -1.25. The molecule has 2 amide bonds. The van der Waals surface area contributed by atoms with Crippen molar-refractivity contribution in [1.82, 2.24) is 5.32 Å². The summed E-state index contributed by atoms with van der Waals surface area (Å²) in [6.45, 7) is -0.118. The monoisotopic (exact) mass is 280 g/mol. The minimum atomic E-state index is -1.03. The molecule has 1 aromatic rings. The Morgan fingerprint density at radius 1 is 1.20 bits per heavy atom. The van der Waals surface area contributed by atoms with E-state index in [1.165, 1.54) is 7.05 Å². The van der Waals surface area contributed by atoms with E-state index in [1.54, 1.807) is 24.3 Å². The van der Waals surface area contributed by atoms with Gasteiger partial charge in [-0.1, -0.05) is 6.07 Å². The van der Waals surface area contributed by atoms with Crippen LogP contribution in [0.4, 0.5) is 5.69 Å². The first kappa shape index (κ1) is 15.5. The number of rotatable bonds is 7. The molecule has 1 rings (SSSR count). The lowest BCUT2D eigenvalue weighted by atomic mass is 10.2. The van der Waals surface area contributed by atoms with Gasteiger partial charge in [-0.2, -0.15) is 0 Å². The maximum absolute atomic E-state index is 11.5. The molecule has 0 saturated carbocycles. The van der Waals surface area contributed by atoms with Crippen LogP contribution in [0.15, 0.2) is 24.3 Å². The van der Waals surface area contributed by atoms with Gasteiger partial charge in [0.05, 0.1) is 6.42 Å². The fraction of sp³-hybridized carbons (Fsp3) is 0.308. The Kier molecular flexibility index (Phi) is 6.02. The van der Waals surface area contributed by atoms with Gasteiger partial charge in [0, 0.05) is 25.2 Å². The van der Waals surface area contributed by atoms with Crippen LogP contribution in [0.3, 0.4) is 0 Å². The van der Waals surface area contributed by atoms with Gasteiger partial charge in [0.1, 0.15) is 5.75 Å². The Labute approximate surface area is 115 Å². The Bertz CT molecular complexity index is 501. The summed E-state index contributed by atoms with van der Waals surface area (Å²) in [5.41, 5.74) is 0.481. The minimum Gasteiger partial charge on any atom is -0.484 e. The number of carbonyl (C=O) groups is 3. The first-order chi connectivity index (χ1) is 9.51. The Morgan fingerprint density at radius 3 is 2.60 bits per heavy atom. The molecule has 0 spiro atoms. The van der Waals surface area contributed by atoms with E-state index in [4.69, 9.17) is 9.84 Å². The SMILES string of the molecule is CNC(=O)COc1cccc(NC(=O)CCC(=O)O)c1. The highest BCUT2D eigenvalue weighted by atomic mass is 16.5. The van der Waals surface area contributed by atoms with E-state index >= 15 is 0 Å². The van der Waals surface area contributed by atoms with Crippen LogP contribution in [0, 0.1) is 0 Å². The molecule has 0 unspecified atom stereocenters. The highest BCUT2D eigenvalue weighted by Crippen LogP contribution is 2.17. The fourth-order valence-corrected chi connectivity index (χ4v) is 1.33. The lowest BCUT2D eigenvalue weighted by Crippen LogP contribution is -2.24. The van der Waals surface area contributed by atoms with Crippen molar-refractivity contribution >= 4 is 23.5 Å². The first-order valence-corrected chi connectivity index (χ1v) is 5.96. The van der Waals surface area contributed by atoms with Crippen LogP contribution in [0.2, 0.25) is 0 Å². The minimum absolute atomic E-state index is 0.0986. The molecule has 1 aromatic carbocycles. The van der Waals surface area contributed by atoms with E-state index in [2.05, 4.69) is 10.6 Å². The van der Waals surface area contributed by atoms with Crippen LogP contribution >= 0.6 is 0 Å². The lowest BCUT2D eigenvalue weighted by molar-refractivity contribution is -0.138. The lowest BCUT2D eigenvalue weighted by Gasteiger charge is -2.08. The summed E-state index contributed by atoms with van der Waals surface area (Å²) in [6, 6.07) is 6.51. The summed E-state index contributed by atoms with van der Waals surface area (Å²) >= 11 is 0. The third kappa shape index (κ3) is 5.85. The molecule has 0 heterocycles. The molecule has 0 radical (unpaired) electrons. The van der Waals surface area contributed by atoms with Crippen LogP contribution in [-0.4, -0.2) is 36.5 Å². The zero-order valence-electron chi connectivity index (χ0n) is 11.0. The van der Waals surface area contributed by atoms with Crippen LogP contribution in [0.5, 0.6) is 5.75 Å². The summed E-state index contributed by atoms with van der Waals surface area (Å²) < 4.78 is 5.22. The van der Waals surface area contributed by atoms with Crippen molar-refractivity contribution in [2.75, 3.05) is 19.0 Å². The second-order valence-corrected chi connectivity index (χ2v) is 3.93. The maximum atomic E-state index is 11.5. The van der Waals surface area contributed by atoms with Gasteiger partial charge < -0.3 is 20.5 Å². The van der Waals surface area contributed by atoms with E-state index in [9.17, 15) is 14.4 Å². The summed E-state index contributed by atoms with van der Waals surface area (Å²) in [6.07, 6.45) is -0.322. The highest BCUT2D eigenvalue weighted by molar-refractivity contribution is 5.92. The average Bonchev–Trinajstić information content (AvgIpc) is 2.43. The molecule has 0 aliphatic rings. The standard InChI is InChI=1S/C13H16N2O5/c1-14-12(17)8-20-10-4-2-3-9(7-10)15-11(16)5-6-13(18)19/h2-4,7H,5-6,8H2,1H3,(H,14,17)(H,15,16)(H,18,19). The first-order valence-electron chi connectivity index (χ1n) is 5.96. The van der Waals surface area contributed by atoms with Crippen LogP contribution in [-0.2, 0) is 14.4 Å². The molecule has 0 bridgehead atoms. The number of likely N-dealkylation sites (N-methyl/N-ethyl adjacent to an activating group) is 1. The molecule has 3 N–H and O–H groups in total. The number of anilines is 1. The predicted molar refractivity (Wildman–Crippen MR) is 71.5 cm³/mol. The number of aliphatic carboxylic acids is 1. The number of benzene rings is 1. The molecule has 0 aromatic heterocycles. The quantitative estimate of drug-likeness (QED) is 0.679. The number of amides is 2. The van der Waals surface area contributed by atoms with Gasteiger partial charge in [-0.15, -0.1) is 0 Å².